The van der Waals surface area contributed by atoms with Crippen molar-refractivity contribution in [1.82, 2.24) is 14.9 Å². The number of rotatable bonds is 10. The van der Waals surface area contributed by atoms with Gasteiger partial charge in [-0.05, 0) is 54.5 Å². The standard InChI is InChI=1S/C25H28N4O5S/c1-16(2)15-33-23-10-7-17(13-18(23)14-26)25-27-24(28-34-25)21-6-3-5-20-19(21)8-9-22(20)29-35(31,32)12-4-11-30/h3,5-7,10,13,16,22,29-30H,4,8-9,11-12,15H2,1-2H3/t22-/m1/s1. The topological polar surface area (TPSA) is 138 Å². The van der Waals surface area contributed by atoms with Crippen LogP contribution in [0.5, 0.6) is 5.75 Å². The third-order valence-corrected chi connectivity index (χ3v) is 7.22. The maximum atomic E-state index is 12.3. The second-order valence-corrected chi connectivity index (χ2v) is 10.8. The molecule has 0 fully saturated rings. The van der Waals surface area contributed by atoms with Gasteiger partial charge in [-0.3, -0.25) is 0 Å². The first-order valence-electron chi connectivity index (χ1n) is 11.6. The Balaban J connectivity index is 1.58. The zero-order valence-electron chi connectivity index (χ0n) is 19.7. The number of aromatic nitrogens is 2. The van der Waals surface area contributed by atoms with Crippen molar-refractivity contribution in [3.8, 4) is 34.7 Å². The van der Waals surface area contributed by atoms with Crippen LogP contribution in [0.4, 0.5) is 0 Å². The van der Waals surface area contributed by atoms with Gasteiger partial charge in [0.2, 0.25) is 15.8 Å². The molecule has 1 aromatic heterocycles. The number of sulfonamides is 1. The van der Waals surface area contributed by atoms with E-state index in [2.05, 4.69) is 20.9 Å². The first-order valence-corrected chi connectivity index (χ1v) is 13.2. The molecule has 2 N–H and O–H groups in total. The van der Waals surface area contributed by atoms with Gasteiger partial charge < -0.3 is 14.4 Å². The van der Waals surface area contributed by atoms with E-state index in [-0.39, 0.29) is 30.7 Å². The smallest absolute Gasteiger partial charge is 0.258 e. The highest BCUT2D eigenvalue weighted by Gasteiger charge is 2.29. The maximum absolute atomic E-state index is 12.3. The normalized spacial score (nSPS) is 15.2. The van der Waals surface area contributed by atoms with E-state index in [1.165, 1.54) is 0 Å². The summed E-state index contributed by atoms with van der Waals surface area (Å²) in [6.45, 7) is 4.41. The summed E-state index contributed by atoms with van der Waals surface area (Å²) < 4.78 is 38.6. The van der Waals surface area contributed by atoms with Crippen LogP contribution in [0.25, 0.3) is 22.8 Å². The van der Waals surface area contributed by atoms with Gasteiger partial charge in [0, 0.05) is 23.8 Å². The summed E-state index contributed by atoms with van der Waals surface area (Å²) in [7, 11) is -3.49. The van der Waals surface area contributed by atoms with Crippen molar-refractivity contribution in [2.45, 2.75) is 39.2 Å². The van der Waals surface area contributed by atoms with Crippen molar-refractivity contribution >= 4 is 10.0 Å². The molecule has 1 aliphatic carbocycles. The van der Waals surface area contributed by atoms with Crippen molar-refractivity contribution in [3.05, 3.63) is 53.1 Å². The number of hydrogen-bond acceptors (Lipinski definition) is 8. The predicted molar refractivity (Wildman–Crippen MR) is 130 cm³/mol. The van der Waals surface area contributed by atoms with Crippen LogP contribution in [0.2, 0.25) is 0 Å². The van der Waals surface area contributed by atoms with E-state index in [1.807, 2.05) is 32.0 Å². The van der Waals surface area contributed by atoms with Crippen molar-refractivity contribution in [3.63, 3.8) is 0 Å². The molecule has 2 aromatic carbocycles. The molecule has 0 saturated carbocycles. The summed E-state index contributed by atoms with van der Waals surface area (Å²) in [5.74, 6) is 1.42. The number of hydrogen-bond donors (Lipinski definition) is 2. The molecular weight excluding hydrogens is 468 g/mol. The van der Waals surface area contributed by atoms with E-state index in [1.54, 1.807) is 18.2 Å². The second kappa shape index (κ2) is 10.6. The Morgan fingerprint density at radius 1 is 1.31 bits per heavy atom. The molecule has 0 radical (unpaired) electrons. The van der Waals surface area contributed by atoms with Crippen molar-refractivity contribution in [1.29, 1.82) is 5.26 Å². The number of ether oxygens (including phenoxy) is 1. The Morgan fingerprint density at radius 2 is 2.14 bits per heavy atom. The molecule has 10 heteroatoms. The van der Waals surface area contributed by atoms with Crippen LogP contribution < -0.4 is 9.46 Å². The van der Waals surface area contributed by atoms with Gasteiger partial charge in [0.05, 0.1) is 17.9 Å². The van der Waals surface area contributed by atoms with E-state index in [0.717, 1.165) is 16.7 Å². The lowest BCUT2D eigenvalue weighted by molar-refractivity contribution is 0.270. The molecule has 0 spiro atoms. The fourth-order valence-electron chi connectivity index (χ4n) is 4.10. The van der Waals surface area contributed by atoms with E-state index < -0.39 is 10.0 Å². The largest absolute Gasteiger partial charge is 0.492 e. The number of nitrogens with zero attached hydrogens (tertiary/aromatic N) is 3. The van der Waals surface area contributed by atoms with E-state index in [0.29, 0.717) is 48.1 Å². The molecule has 1 atom stereocenters. The van der Waals surface area contributed by atoms with Crippen LogP contribution in [0.15, 0.2) is 40.9 Å². The van der Waals surface area contributed by atoms with Gasteiger partial charge >= 0.3 is 0 Å². The number of nitriles is 1. The molecule has 0 bridgehead atoms. The zero-order valence-corrected chi connectivity index (χ0v) is 20.5. The lowest BCUT2D eigenvalue weighted by Gasteiger charge is -2.14. The summed E-state index contributed by atoms with van der Waals surface area (Å²) in [6.07, 6.45) is 1.49. The Labute approximate surface area is 204 Å². The van der Waals surface area contributed by atoms with Gasteiger partial charge in [-0.2, -0.15) is 10.2 Å². The van der Waals surface area contributed by atoms with Crippen LogP contribution in [0.3, 0.4) is 0 Å². The van der Waals surface area contributed by atoms with Crippen LogP contribution in [-0.2, 0) is 16.4 Å². The summed E-state index contributed by atoms with van der Waals surface area (Å²) >= 11 is 0. The fourth-order valence-corrected chi connectivity index (χ4v) is 5.40. The van der Waals surface area contributed by atoms with Gasteiger partial charge in [-0.15, -0.1) is 0 Å². The van der Waals surface area contributed by atoms with E-state index in [4.69, 9.17) is 14.4 Å². The zero-order chi connectivity index (χ0) is 25.0. The Kier molecular flexibility index (Phi) is 7.50. The van der Waals surface area contributed by atoms with Gasteiger partial charge in [0.1, 0.15) is 11.8 Å². The predicted octanol–water partition coefficient (Wildman–Crippen LogP) is 3.60. The lowest BCUT2D eigenvalue weighted by atomic mass is 10.0. The number of aliphatic hydroxyl groups is 1. The summed E-state index contributed by atoms with van der Waals surface area (Å²) in [5, 5.41) is 22.6. The van der Waals surface area contributed by atoms with Gasteiger partial charge in [0.15, 0.2) is 0 Å². The molecule has 1 heterocycles. The van der Waals surface area contributed by atoms with Gasteiger partial charge in [-0.25, -0.2) is 13.1 Å². The van der Waals surface area contributed by atoms with Crippen LogP contribution in [0.1, 0.15) is 49.4 Å². The minimum Gasteiger partial charge on any atom is -0.492 e. The molecule has 184 valence electrons. The SMILES string of the molecule is CC(C)COc1ccc(-c2nc(-c3cccc4c3CC[C@H]4NS(=O)(=O)CCCO)no2)cc1C#N. The molecule has 0 aliphatic heterocycles. The molecule has 9 nitrogen and oxygen atoms in total. The molecule has 3 aromatic rings. The molecule has 4 rings (SSSR count). The molecule has 0 saturated heterocycles. The number of benzene rings is 2. The average Bonchev–Trinajstić information content (AvgIpc) is 3.49. The highest BCUT2D eigenvalue weighted by atomic mass is 32.2. The third-order valence-electron chi connectivity index (χ3n) is 5.75. The van der Waals surface area contributed by atoms with Gasteiger partial charge in [-0.1, -0.05) is 37.2 Å². The van der Waals surface area contributed by atoms with Crippen LogP contribution in [0, 0.1) is 17.2 Å². The first-order chi connectivity index (χ1) is 16.8. The Morgan fingerprint density at radius 3 is 2.89 bits per heavy atom. The first kappa shape index (κ1) is 24.9. The number of aliphatic hydroxyl groups excluding tert-OH is 1. The molecule has 0 unspecified atom stereocenters. The van der Waals surface area contributed by atoms with Crippen molar-refractivity contribution in [2.75, 3.05) is 19.0 Å². The van der Waals surface area contributed by atoms with E-state index in [9.17, 15) is 13.7 Å². The molecular formula is C25H28N4O5S. The average molecular weight is 497 g/mol. The lowest BCUT2D eigenvalue weighted by Crippen LogP contribution is -2.29. The van der Waals surface area contributed by atoms with Crippen LogP contribution in [-0.4, -0.2) is 42.6 Å². The summed E-state index contributed by atoms with van der Waals surface area (Å²) in [4.78, 5) is 4.55. The third kappa shape index (κ3) is 5.70. The van der Waals surface area contributed by atoms with Gasteiger partial charge in [0.25, 0.3) is 5.89 Å². The Bertz CT molecular complexity index is 1340. The molecule has 0 amide bonds. The maximum Gasteiger partial charge on any atom is 0.258 e. The summed E-state index contributed by atoms with van der Waals surface area (Å²) in [5.41, 5.74) is 3.65. The highest BCUT2D eigenvalue weighted by molar-refractivity contribution is 7.89. The summed E-state index contributed by atoms with van der Waals surface area (Å²) in [6, 6.07) is 12.6. The Hall–Kier alpha value is -3.26. The fraction of sp³-hybridized carbons (Fsp3) is 0.400. The van der Waals surface area contributed by atoms with Crippen LogP contribution >= 0.6 is 0 Å². The monoisotopic (exact) mass is 496 g/mol. The quantitative estimate of drug-likeness (QED) is 0.434. The minimum absolute atomic E-state index is 0.116. The minimum atomic E-state index is -3.49. The molecule has 1 aliphatic rings. The number of nitrogens with one attached hydrogen (secondary N) is 1. The van der Waals surface area contributed by atoms with Crippen molar-refractivity contribution in [2.24, 2.45) is 5.92 Å². The molecule has 35 heavy (non-hydrogen) atoms. The second-order valence-electron chi connectivity index (χ2n) is 8.93. The van der Waals surface area contributed by atoms with Crippen molar-refractivity contribution < 1.29 is 22.8 Å². The highest BCUT2D eigenvalue weighted by Crippen LogP contribution is 2.38. The number of fused-ring (bicyclic) bond motifs is 1. The van der Waals surface area contributed by atoms with E-state index >= 15 is 0 Å².